The highest BCUT2D eigenvalue weighted by atomic mass is 16.5. The molecule has 0 radical (unpaired) electrons. The summed E-state index contributed by atoms with van der Waals surface area (Å²) in [6.07, 6.45) is 4.79. The zero-order valence-corrected chi connectivity index (χ0v) is 18.8. The normalized spacial score (nSPS) is 18.2. The number of anilines is 1. The molecule has 8 heteroatoms. The Hall–Kier alpha value is -4.33. The van der Waals surface area contributed by atoms with E-state index in [1.807, 2.05) is 60.3 Å². The van der Waals surface area contributed by atoms with Crippen LogP contribution in [0.3, 0.4) is 0 Å². The fourth-order valence-electron chi connectivity index (χ4n) is 4.67. The van der Waals surface area contributed by atoms with Gasteiger partial charge >= 0.3 is 0 Å². The van der Waals surface area contributed by atoms with Crippen LogP contribution in [0.15, 0.2) is 78.9 Å². The lowest BCUT2D eigenvalue weighted by Gasteiger charge is -2.38. The molecule has 4 heterocycles. The van der Waals surface area contributed by atoms with Crippen LogP contribution >= 0.6 is 0 Å². The summed E-state index contributed by atoms with van der Waals surface area (Å²) >= 11 is 0. The fourth-order valence-corrected chi connectivity index (χ4v) is 4.67. The monoisotopic (exact) mass is 453 g/mol. The molecule has 4 aromatic rings. The van der Waals surface area contributed by atoms with Gasteiger partial charge in [0.1, 0.15) is 24.2 Å². The van der Waals surface area contributed by atoms with Gasteiger partial charge in [-0.3, -0.25) is 4.98 Å². The van der Waals surface area contributed by atoms with Crippen LogP contribution in [0.2, 0.25) is 0 Å². The lowest BCUT2D eigenvalue weighted by Crippen LogP contribution is -2.32. The molecule has 2 aliphatic heterocycles. The van der Waals surface area contributed by atoms with Gasteiger partial charge in [0.15, 0.2) is 11.5 Å². The van der Waals surface area contributed by atoms with Crippen molar-refractivity contribution in [1.29, 1.82) is 0 Å². The smallest absolute Gasteiger partial charge is 0.226 e. The van der Waals surface area contributed by atoms with Crippen molar-refractivity contribution in [3.05, 3.63) is 95.6 Å². The Kier molecular flexibility index (Phi) is 4.91. The molecule has 0 bridgehead atoms. The van der Waals surface area contributed by atoms with Gasteiger partial charge in [-0.2, -0.15) is 10.1 Å². The standard InChI is InChI=1S/C26H23N5O3/c1-3-33-20-11-10-16(13-21(20)32-2)25-22-23(18-8-4-5-9-19(18)34-25)30-26-28-15-29-31(26)24(22)17-7-6-12-27-14-17/h4-15,24-25H,3H2,1-2H3,(H,28,29,30)/t24-,25-/m0/s1. The maximum atomic E-state index is 6.65. The van der Waals surface area contributed by atoms with E-state index in [2.05, 4.69) is 32.5 Å². The number of ether oxygens (including phenoxy) is 3. The van der Waals surface area contributed by atoms with Crippen LogP contribution in [-0.2, 0) is 0 Å². The molecule has 8 nitrogen and oxygen atoms in total. The zero-order valence-electron chi connectivity index (χ0n) is 18.8. The van der Waals surface area contributed by atoms with Crippen LogP contribution < -0.4 is 19.5 Å². The number of pyridine rings is 1. The summed E-state index contributed by atoms with van der Waals surface area (Å²) in [4.78, 5) is 8.84. The molecule has 170 valence electrons. The van der Waals surface area contributed by atoms with Crippen molar-refractivity contribution in [1.82, 2.24) is 19.7 Å². The number of para-hydroxylation sites is 1. The molecule has 2 aliphatic rings. The summed E-state index contributed by atoms with van der Waals surface area (Å²) in [5, 5.41) is 8.05. The number of methoxy groups -OCH3 is 1. The molecule has 34 heavy (non-hydrogen) atoms. The third-order valence-electron chi connectivity index (χ3n) is 6.11. The lowest BCUT2D eigenvalue weighted by molar-refractivity contribution is 0.222. The molecule has 0 saturated heterocycles. The first kappa shape index (κ1) is 20.3. The molecule has 0 spiro atoms. The number of benzene rings is 2. The van der Waals surface area contributed by atoms with Gasteiger partial charge in [0.25, 0.3) is 0 Å². The van der Waals surface area contributed by atoms with Gasteiger partial charge in [0.2, 0.25) is 5.95 Å². The second kappa shape index (κ2) is 8.22. The second-order valence-electron chi connectivity index (χ2n) is 8.01. The molecule has 6 rings (SSSR count). The maximum absolute atomic E-state index is 6.65. The van der Waals surface area contributed by atoms with Gasteiger partial charge in [-0.1, -0.05) is 24.3 Å². The summed E-state index contributed by atoms with van der Waals surface area (Å²) in [7, 11) is 1.64. The average molecular weight is 454 g/mol. The maximum Gasteiger partial charge on any atom is 0.226 e. The SMILES string of the molecule is CCOc1ccc([C@@H]2Oc3ccccc3C3=C2[C@H](c2cccnc2)n2ncnc2N3)cc1OC. The largest absolute Gasteiger partial charge is 0.493 e. The molecular weight excluding hydrogens is 430 g/mol. The Morgan fingerprint density at radius 3 is 2.79 bits per heavy atom. The van der Waals surface area contributed by atoms with Gasteiger partial charge in [0, 0.05) is 29.1 Å². The number of hydrogen-bond donors (Lipinski definition) is 1. The minimum Gasteiger partial charge on any atom is -0.493 e. The highest BCUT2D eigenvalue weighted by Gasteiger charge is 2.41. The van der Waals surface area contributed by atoms with Crippen LogP contribution in [0.1, 0.15) is 35.8 Å². The van der Waals surface area contributed by atoms with Crippen LogP contribution in [0, 0.1) is 0 Å². The van der Waals surface area contributed by atoms with Crippen LogP contribution in [0.4, 0.5) is 5.95 Å². The summed E-state index contributed by atoms with van der Waals surface area (Å²) in [6, 6.07) is 17.7. The molecule has 2 aromatic carbocycles. The third kappa shape index (κ3) is 3.18. The number of hydrogen-bond acceptors (Lipinski definition) is 7. The number of nitrogens with one attached hydrogen (secondary N) is 1. The topological polar surface area (TPSA) is 83.3 Å². The second-order valence-corrected chi connectivity index (χ2v) is 8.01. The zero-order chi connectivity index (χ0) is 23.1. The van der Waals surface area contributed by atoms with E-state index in [4.69, 9.17) is 14.2 Å². The van der Waals surface area contributed by atoms with Crippen molar-refractivity contribution in [2.75, 3.05) is 19.0 Å². The fraction of sp³-hybridized carbons (Fsp3) is 0.192. The van der Waals surface area contributed by atoms with Crippen molar-refractivity contribution >= 4 is 11.6 Å². The van der Waals surface area contributed by atoms with E-state index in [9.17, 15) is 0 Å². The molecule has 1 N–H and O–H groups in total. The van der Waals surface area contributed by atoms with E-state index < -0.39 is 6.10 Å². The van der Waals surface area contributed by atoms with Crippen LogP contribution in [0.25, 0.3) is 5.70 Å². The summed E-state index contributed by atoms with van der Waals surface area (Å²) < 4.78 is 19.9. The first-order valence-corrected chi connectivity index (χ1v) is 11.2. The van der Waals surface area contributed by atoms with Gasteiger partial charge in [-0.05, 0) is 42.8 Å². The molecule has 0 fully saturated rings. The van der Waals surface area contributed by atoms with Crippen molar-refractivity contribution in [2.45, 2.75) is 19.1 Å². The van der Waals surface area contributed by atoms with Crippen LogP contribution in [-0.4, -0.2) is 33.5 Å². The van der Waals surface area contributed by atoms with Gasteiger partial charge in [-0.15, -0.1) is 0 Å². The molecule has 0 saturated carbocycles. The molecule has 0 amide bonds. The van der Waals surface area contributed by atoms with Gasteiger partial charge < -0.3 is 19.5 Å². The van der Waals surface area contributed by atoms with Crippen molar-refractivity contribution < 1.29 is 14.2 Å². The molecule has 2 atom stereocenters. The molecule has 2 aromatic heterocycles. The summed E-state index contributed by atoms with van der Waals surface area (Å²) in [5.41, 5.74) is 4.91. The third-order valence-corrected chi connectivity index (χ3v) is 6.11. The van der Waals surface area contributed by atoms with Crippen LogP contribution in [0.5, 0.6) is 17.2 Å². The molecular formula is C26H23N5O3. The molecule has 0 unspecified atom stereocenters. The Bertz CT molecular complexity index is 1380. The number of fused-ring (bicyclic) bond motifs is 3. The van der Waals surface area contributed by atoms with Gasteiger partial charge in [-0.25, -0.2) is 4.68 Å². The van der Waals surface area contributed by atoms with E-state index in [0.717, 1.165) is 33.7 Å². The predicted molar refractivity (Wildman–Crippen MR) is 127 cm³/mol. The molecule has 0 aliphatic carbocycles. The van der Waals surface area contributed by atoms with Crippen molar-refractivity contribution in [3.63, 3.8) is 0 Å². The highest BCUT2D eigenvalue weighted by Crippen LogP contribution is 2.51. The highest BCUT2D eigenvalue weighted by molar-refractivity contribution is 5.85. The predicted octanol–water partition coefficient (Wildman–Crippen LogP) is 4.64. The number of nitrogens with zero attached hydrogens (tertiary/aromatic N) is 4. The van der Waals surface area contributed by atoms with Gasteiger partial charge in [0.05, 0.1) is 19.4 Å². The first-order valence-electron chi connectivity index (χ1n) is 11.2. The van der Waals surface area contributed by atoms with E-state index >= 15 is 0 Å². The summed E-state index contributed by atoms with van der Waals surface area (Å²) in [6.45, 7) is 2.51. The quantitative estimate of drug-likeness (QED) is 0.471. The number of rotatable bonds is 5. The average Bonchev–Trinajstić information content (AvgIpc) is 3.36. The minimum absolute atomic E-state index is 0.252. The Balaban J connectivity index is 1.58. The Morgan fingerprint density at radius 1 is 1.06 bits per heavy atom. The first-order chi connectivity index (χ1) is 16.8. The van der Waals surface area contributed by atoms with E-state index in [-0.39, 0.29) is 6.04 Å². The Labute approximate surface area is 196 Å². The Morgan fingerprint density at radius 2 is 1.97 bits per heavy atom. The minimum atomic E-state index is -0.399. The van der Waals surface area contributed by atoms with E-state index in [1.165, 1.54) is 0 Å². The van der Waals surface area contributed by atoms with Crippen molar-refractivity contribution in [3.8, 4) is 17.2 Å². The summed E-state index contributed by atoms with van der Waals surface area (Å²) in [5.74, 6) is 2.83. The lowest BCUT2D eigenvalue weighted by atomic mass is 9.85. The van der Waals surface area contributed by atoms with E-state index in [1.54, 1.807) is 19.6 Å². The van der Waals surface area contributed by atoms with E-state index in [0.29, 0.717) is 24.1 Å². The van der Waals surface area contributed by atoms with Crippen molar-refractivity contribution in [2.24, 2.45) is 0 Å². The number of aromatic nitrogens is 4.